The average Bonchev–Trinajstić information content (AvgIpc) is 2.90. The first-order valence-electron chi connectivity index (χ1n) is 6.44. The topological polar surface area (TPSA) is 29.5 Å². The highest BCUT2D eigenvalue weighted by molar-refractivity contribution is 9.10. The normalized spacial score (nSPS) is 13.2. The maximum atomic E-state index is 12.6. The van der Waals surface area contributed by atoms with Gasteiger partial charge in [0.2, 0.25) is 0 Å². The molecule has 0 fully saturated rings. The Hall–Kier alpha value is -1.81. The number of benzene rings is 2. The molecule has 0 bridgehead atoms. The van der Waals surface area contributed by atoms with Gasteiger partial charge in [-0.25, -0.2) is 0 Å². The molecule has 3 rings (SSSR count). The molecule has 2 aromatic rings. The van der Waals surface area contributed by atoms with Gasteiger partial charge in [0.15, 0.2) is 0 Å². The summed E-state index contributed by atoms with van der Waals surface area (Å²) in [6.45, 7) is 0.738. The van der Waals surface area contributed by atoms with Gasteiger partial charge in [-0.2, -0.15) is 0 Å². The molecule has 0 unspecified atom stereocenters. The molecule has 0 spiro atoms. The molecule has 0 saturated carbocycles. The summed E-state index contributed by atoms with van der Waals surface area (Å²) in [5.41, 5.74) is 2.91. The van der Waals surface area contributed by atoms with E-state index in [1.165, 1.54) is 5.56 Å². The molecule has 0 aliphatic carbocycles. The molecular weight excluding hydrogens is 318 g/mol. The SMILES string of the molecule is COc1ccc(C(=O)N2CCc3ccccc32)cc1Br. The maximum absolute atomic E-state index is 12.6. The molecule has 1 aliphatic heterocycles. The Kier molecular flexibility index (Phi) is 3.49. The Morgan fingerprint density at radius 3 is 2.80 bits per heavy atom. The number of rotatable bonds is 2. The van der Waals surface area contributed by atoms with Gasteiger partial charge in [-0.15, -0.1) is 0 Å². The van der Waals surface area contributed by atoms with E-state index in [1.54, 1.807) is 19.2 Å². The third kappa shape index (κ3) is 2.20. The summed E-state index contributed by atoms with van der Waals surface area (Å²) in [6, 6.07) is 13.5. The van der Waals surface area contributed by atoms with Crippen molar-refractivity contribution in [2.45, 2.75) is 6.42 Å². The Labute approximate surface area is 126 Å². The molecule has 0 radical (unpaired) electrons. The molecule has 0 N–H and O–H groups in total. The fourth-order valence-electron chi connectivity index (χ4n) is 2.50. The van der Waals surface area contributed by atoms with Crippen molar-refractivity contribution < 1.29 is 9.53 Å². The van der Waals surface area contributed by atoms with Crippen LogP contribution in [-0.2, 0) is 6.42 Å². The van der Waals surface area contributed by atoms with Crippen molar-refractivity contribution in [3.8, 4) is 5.75 Å². The van der Waals surface area contributed by atoms with E-state index in [0.717, 1.165) is 28.9 Å². The minimum Gasteiger partial charge on any atom is -0.496 e. The summed E-state index contributed by atoms with van der Waals surface area (Å²) in [5.74, 6) is 0.752. The number of anilines is 1. The van der Waals surface area contributed by atoms with Crippen LogP contribution in [0.3, 0.4) is 0 Å². The summed E-state index contributed by atoms with van der Waals surface area (Å²) in [5, 5.41) is 0. The highest BCUT2D eigenvalue weighted by Gasteiger charge is 2.25. The van der Waals surface area contributed by atoms with Crippen LogP contribution < -0.4 is 9.64 Å². The molecule has 0 atom stereocenters. The highest BCUT2D eigenvalue weighted by Crippen LogP contribution is 2.31. The Bertz CT molecular complexity index is 669. The van der Waals surface area contributed by atoms with Crippen molar-refractivity contribution in [1.29, 1.82) is 0 Å². The van der Waals surface area contributed by atoms with Crippen molar-refractivity contribution >= 4 is 27.5 Å². The largest absolute Gasteiger partial charge is 0.496 e. The van der Waals surface area contributed by atoms with E-state index in [4.69, 9.17) is 4.74 Å². The fourth-order valence-corrected chi connectivity index (χ4v) is 3.05. The number of nitrogens with zero attached hydrogens (tertiary/aromatic N) is 1. The summed E-state index contributed by atoms with van der Waals surface area (Å²) in [7, 11) is 1.61. The molecular formula is C16H14BrNO2. The summed E-state index contributed by atoms with van der Waals surface area (Å²) in [4.78, 5) is 14.5. The quantitative estimate of drug-likeness (QED) is 0.840. The van der Waals surface area contributed by atoms with Crippen molar-refractivity contribution in [1.82, 2.24) is 0 Å². The van der Waals surface area contributed by atoms with E-state index in [0.29, 0.717) is 5.56 Å². The first-order chi connectivity index (χ1) is 9.70. The predicted octanol–water partition coefficient (Wildman–Crippen LogP) is 3.66. The number of carbonyl (C=O) groups excluding carboxylic acids is 1. The lowest BCUT2D eigenvalue weighted by molar-refractivity contribution is 0.0989. The van der Waals surface area contributed by atoms with Gasteiger partial charge in [-0.3, -0.25) is 4.79 Å². The molecule has 1 aliphatic rings. The highest BCUT2D eigenvalue weighted by atomic mass is 79.9. The molecule has 20 heavy (non-hydrogen) atoms. The van der Waals surface area contributed by atoms with E-state index in [9.17, 15) is 4.79 Å². The number of ether oxygens (including phenoxy) is 1. The maximum Gasteiger partial charge on any atom is 0.258 e. The summed E-state index contributed by atoms with van der Waals surface area (Å²) < 4.78 is 5.98. The molecule has 3 nitrogen and oxygen atoms in total. The number of fused-ring (bicyclic) bond motifs is 1. The van der Waals surface area contributed by atoms with Gasteiger partial charge in [0.25, 0.3) is 5.91 Å². The zero-order chi connectivity index (χ0) is 14.1. The standard InChI is InChI=1S/C16H14BrNO2/c1-20-15-7-6-12(10-13(15)17)16(19)18-9-8-11-4-2-3-5-14(11)18/h2-7,10H,8-9H2,1H3. The van der Waals surface area contributed by atoms with Crippen LogP contribution >= 0.6 is 15.9 Å². The van der Waals surface area contributed by atoms with Crippen molar-refractivity contribution in [2.75, 3.05) is 18.6 Å². The first-order valence-corrected chi connectivity index (χ1v) is 7.23. The summed E-state index contributed by atoms with van der Waals surface area (Å²) >= 11 is 3.42. The van der Waals surface area contributed by atoms with E-state index in [-0.39, 0.29) is 5.91 Å². The smallest absolute Gasteiger partial charge is 0.258 e. The van der Waals surface area contributed by atoms with Crippen LogP contribution in [0.4, 0.5) is 5.69 Å². The molecule has 1 amide bonds. The minimum absolute atomic E-state index is 0.0262. The Balaban J connectivity index is 1.93. The van der Waals surface area contributed by atoms with Crippen molar-refractivity contribution in [3.63, 3.8) is 0 Å². The van der Waals surface area contributed by atoms with Gasteiger partial charge < -0.3 is 9.64 Å². The van der Waals surface area contributed by atoms with Gasteiger partial charge in [0.05, 0.1) is 11.6 Å². The fraction of sp³-hybridized carbons (Fsp3) is 0.188. The second-order valence-electron chi connectivity index (χ2n) is 4.68. The van der Waals surface area contributed by atoms with Crippen LogP contribution in [0.2, 0.25) is 0 Å². The van der Waals surface area contributed by atoms with Gasteiger partial charge in [-0.05, 0) is 52.2 Å². The van der Waals surface area contributed by atoms with Crippen LogP contribution in [0.1, 0.15) is 15.9 Å². The number of halogens is 1. The van der Waals surface area contributed by atoms with E-state index in [2.05, 4.69) is 22.0 Å². The lowest BCUT2D eigenvalue weighted by Gasteiger charge is -2.17. The van der Waals surface area contributed by atoms with Gasteiger partial charge in [-0.1, -0.05) is 18.2 Å². The number of hydrogen-bond donors (Lipinski definition) is 0. The van der Waals surface area contributed by atoms with Crippen LogP contribution in [-0.4, -0.2) is 19.6 Å². The van der Waals surface area contributed by atoms with E-state index in [1.807, 2.05) is 29.2 Å². The second kappa shape index (κ2) is 5.29. The second-order valence-corrected chi connectivity index (χ2v) is 5.54. The van der Waals surface area contributed by atoms with Gasteiger partial charge in [0, 0.05) is 17.8 Å². The lowest BCUT2D eigenvalue weighted by atomic mass is 10.1. The average molecular weight is 332 g/mol. The monoisotopic (exact) mass is 331 g/mol. The zero-order valence-electron chi connectivity index (χ0n) is 11.1. The van der Waals surface area contributed by atoms with Gasteiger partial charge in [0.1, 0.15) is 5.75 Å². The summed E-state index contributed by atoms with van der Waals surface area (Å²) in [6.07, 6.45) is 0.916. The minimum atomic E-state index is 0.0262. The predicted molar refractivity (Wildman–Crippen MR) is 82.5 cm³/mol. The third-order valence-electron chi connectivity index (χ3n) is 3.53. The van der Waals surface area contributed by atoms with Crippen LogP contribution in [0.5, 0.6) is 5.75 Å². The van der Waals surface area contributed by atoms with Crippen molar-refractivity contribution in [3.05, 3.63) is 58.1 Å². The van der Waals surface area contributed by atoms with Crippen LogP contribution in [0.25, 0.3) is 0 Å². The van der Waals surface area contributed by atoms with E-state index < -0.39 is 0 Å². The molecule has 1 heterocycles. The molecule has 102 valence electrons. The molecule has 2 aromatic carbocycles. The van der Waals surface area contributed by atoms with Crippen molar-refractivity contribution in [2.24, 2.45) is 0 Å². The van der Waals surface area contributed by atoms with Crippen LogP contribution in [0, 0.1) is 0 Å². The Morgan fingerprint density at radius 2 is 2.05 bits per heavy atom. The number of amides is 1. The zero-order valence-corrected chi connectivity index (χ0v) is 12.7. The first kappa shape index (κ1) is 13.2. The van der Waals surface area contributed by atoms with Gasteiger partial charge >= 0.3 is 0 Å². The number of methoxy groups -OCH3 is 1. The Morgan fingerprint density at radius 1 is 1.25 bits per heavy atom. The molecule has 4 heteroatoms. The lowest BCUT2D eigenvalue weighted by Crippen LogP contribution is -2.28. The third-order valence-corrected chi connectivity index (χ3v) is 4.15. The number of para-hydroxylation sites is 1. The van der Waals surface area contributed by atoms with E-state index >= 15 is 0 Å². The number of hydrogen-bond acceptors (Lipinski definition) is 2. The number of carbonyl (C=O) groups is 1. The molecule has 0 saturated heterocycles. The molecule has 0 aromatic heterocycles. The van der Waals surface area contributed by atoms with Crippen LogP contribution in [0.15, 0.2) is 46.9 Å².